The van der Waals surface area contributed by atoms with E-state index in [-0.39, 0.29) is 5.92 Å². The third-order valence-corrected chi connectivity index (χ3v) is 3.00. The van der Waals surface area contributed by atoms with E-state index in [0.717, 1.165) is 39.1 Å². The van der Waals surface area contributed by atoms with Gasteiger partial charge in [-0.05, 0) is 19.8 Å². The fraction of sp³-hybridized carbons (Fsp3) is 0.909. The minimum absolute atomic E-state index is 0.175. The average molecular weight is 213 g/mol. The average Bonchev–Trinajstić information content (AvgIpc) is 2.21. The summed E-state index contributed by atoms with van der Waals surface area (Å²) in [6.45, 7) is 7.93. The van der Waals surface area contributed by atoms with Gasteiger partial charge in [-0.3, -0.25) is 5.41 Å². The molecule has 0 bridgehead atoms. The van der Waals surface area contributed by atoms with Crippen molar-refractivity contribution in [1.29, 1.82) is 5.41 Å². The lowest BCUT2D eigenvalue weighted by Crippen LogP contribution is -2.41. The van der Waals surface area contributed by atoms with Crippen molar-refractivity contribution >= 4 is 5.84 Å². The van der Waals surface area contributed by atoms with Crippen LogP contribution in [0.25, 0.3) is 0 Å². The number of nitrogens with one attached hydrogen (secondary N) is 1. The van der Waals surface area contributed by atoms with E-state index in [9.17, 15) is 0 Å². The minimum Gasteiger partial charge on any atom is -0.387 e. The Morgan fingerprint density at radius 1 is 1.53 bits per heavy atom. The molecule has 0 aromatic rings. The van der Waals surface area contributed by atoms with Crippen molar-refractivity contribution in [2.45, 2.75) is 32.8 Å². The van der Waals surface area contributed by atoms with Gasteiger partial charge in [-0.25, -0.2) is 0 Å². The first kappa shape index (κ1) is 12.5. The van der Waals surface area contributed by atoms with Gasteiger partial charge in [0, 0.05) is 32.2 Å². The van der Waals surface area contributed by atoms with Gasteiger partial charge in [0.05, 0.1) is 11.9 Å². The van der Waals surface area contributed by atoms with E-state index in [0.29, 0.717) is 11.9 Å². The predicted molar refractivity (Wildman–Crippen MR) is 62.2 cm³/mol. The molecule has 1 rings (SSSR count). The van der Waals surface area contributed by atoms with Crippen LogP contribution >= 0.6 is 0 Å². The highest BCUT2D eigenvalue weighted by Crippen LogP contribution is 2.14. The van der Waals surface area contributed by atoms with Crippen molar-refractivity contribution in [2.75, 3.05) is 26.2 Å². The summed E-state index contributed by atoms with van der Waals surface area (Å²) in [5, 5.41) is 7.35. The molecule has 3 N–H and O–H groups in total. The Bertz CT molecular complexity index is 200. The molecule has 1 unspecified atom stereocenters. The zero-order valence-electron chi connectivity index (χ0n) is 9.83. The SMILES string of the molecule is CCOC1CCN(CC(C)C(=N)N)CC1. The smallest absolute Gasteiger partial charge is 0.0947 e. The fourth-order valence-corrected chi connectivity index (χ4v) is 1.98. The maximum atomic E-state index is 7.35. The summed E-state index contributed by atoms with van der Waals surface area (Å²) in [5.41, 5.74) is 5.46. The van der Waals surface area contributed by atoms with Crippen molar-refractivity contribution in [3.63, 3.8) is 0 Å². The predicted octanol–water partition coefficient (Wildman–Crippen LogP) is 1.06. The second-order valence-corrected chi connectivity index (χ2v) is 4.31. The van der Waals surface area contributed by atoms with Crippen molar-refractivity contribution < 1.29 is 4.74 Å². The number of hydrogen-bond acceptors (Lipinski definition) is 3. The number of amidine groups is 1. The number of nitrogens with zero attached hydrogens (tertiary/aromatic N) is 1. The molecular formula is C11H23N3O. The normalized spacial score (nSPS) is 21.5. The van der Waals surface area contributed by atoms with E-state index < -0.39 is 0 Å². The molecule has 1 atom stereocenters. The first-order valence-electron chi connectivity index (χ1n) is 5.81. The molecule has 1 heterocycles. The second-order valence-electron chi connectivity index (χ2n) is 4.31. The van der Waals surface area contributed by atoms with Crippen LogP contribution in [0.2, 0.25) is 0 Å². The summed E-state index contributed by atoms with van der Waals surface area (Å²) in [7, 11) is 0. The Hall–Kier alpha value is -0.610. The van der Waals surface area contributed by atoms with E-state index in [1.54, 1.807) is 0 Å². The highest BCUT2D eigenvalue weighted by Gasteiger charge is 2.20. The first-order valence-corrected chi connectivity index (χ1v) is 5.81. The summed E-state index contributed by atoms with van der Waals surface area (Å²) in [4.78, 5) is 2.38. The van der Waals surface area contributed by atoms with E-state index >= 15 is 0 Å². The molecule has 1 aliphatic heterocycles. The lowest BCUT2D eigenvalue weighted by atomic mass is 10.0. The quantitative estimate of drug-likeness (QED) is 0.530. The maximum Gasteiger partial charge on any atom is 0.0947 e. The van der Waals surface area contributed by atoms with E-state index in [1.165, 1.54) is 0 Å². The molecule has 0 amide bonds. The highest BCUT2D eigenvalue weighted by atomic mass is 16.5. The standard InChI is InChI=1S/C11H23N3O/c1-3-15-10-4-6-14(7-5-10)8-9(2)11(12)13/h9-10H,3-8H2,1-2H3,(H3,12,13). The molecular weight excluding hydrogens is 190 g/mol. The summed E-state index contributed by atoms with van der Waals surface area (Å²) in [6.07, 6.45) is 2.66. The number of rotatable bonds is 5. The molecule has 4 heteroatoms. The zero-order chi connectivity index (χ0) is 11.3. The Morgan fingerprint density at radius 2 is 2.13 bits per heavy atom. The van der Waals surface area contributed by atoms with Crippen molar-refractivity contribution in [2.24, 2.45) is 11.7 Å². The third-order valence-electron chi connectivity index (χ3n) is 3.00. The molecule has 15 heavy (non-hydrogen) atoms. The monoisotopic (exact) mass is 213 g/mol. The van der Waals surface area contributed by atoms with Gasteiger partial charge < -0.3 is 15.4 Å². The van der Waals surface area contributed by atoms with Crippen LogP contribution < -0.4 is 5.73 Å². The lowest BCUT2D eigenvalue weighted by Gasteiger charge is -2.33. The zero-order valence-corrected chi connectivity index (χ0v) is 9.83. The van der Waals surface area contributed by atoms with Crippen molar-refractivity contribution in [3.8, 4) is 0 Å². The van der Waals surface area contributed by atoms with E-state index in [2.05, 4.69) is 4.90 Å². The van der Waals surface area contributed by atoms with Crippen LogP contribution in [0.3, 0.4) is 0 Å². The number of nitrogens with two attached hydrogens (primary N) is 1. The molecule has 1 aliphatic rings. The maximum absolute atomic E-state index is 7.35. The Balaban J connectivity index is 2.22. The molecule has 88 valence electrons. The molecule has 0 aromatic heterocycles. The minimum atomic E-state index is 0.175. The van der Waals surface area contributed by atoms with E-state index in [4.69, 9.17) is 15.9 Å². The first-order chi connectivity index (χ1) is 7.13. The summed E-state index contributed by atoms with van der Waals surface area (Å²) in [5.74, 6) is 0.468. The summed E-state index contributed by atoms with van der Waals surface area (Å²) >= 11 is 0. The van der Waals surface area contributed by atoms with Gasteiger partial charge >= 0.3 is 0 Å². The fourth-order valence-electron chi connectivity index (χ4n) is 1.98. The van der Waals surface area contributed by atoms with Gasteiger partial charge in [-0.15, -0.1) is 0 Å². The number of hydrogen-bond donors (Lipinski definition) is 2. The molecule has 0 radical (unpaired) electrons. The lowest BCUT2D eigenvalue weighted by molar-refractivity contribution is 0.0130. The summed E-state index contributed by atoms with van der Waals surface area (Å²) in [6, 6.07) is 0. The van der Waals surface area contributed by atoms with Gasteiger partial charge in [0.25, 0.3) is 0 Å². The number of ether oxygens (including phenoxy) is 1. The van der Waals surface area contributed by atoms with E-state index in [1.807, 2.05) is 13.8 Å². The topological polar surface area (TPSA) is 62.3 Å². The molecule has 0 aliphatic carbocycles. The summed E-state index contributed by atoms with van der Waals surface area (Å²) < 4.78 is 5.59. The molecule has 0 aromatic carbocycles. The van der Waals surface area contributed by atoms with Crippen LogP contribution in [-0.4, -0.2) is 43.1 Å². The van der Waals surface area contributed by atoms with Crippen LogP contribution in [0.4, 0.5) is 0 Å². The molecule has 1 saturated heterocycles. The number of likely N-dealkylation sites (tertiary alicyclic amines) is 1. The molecule has 4 nitrogen and oxygen atoms in total. The molecule has 0 saturated carbocycles. The van der Waals surface area contributed by atoms with Crippen LogP contribution in [0.1, 0.15) is 26.7 Å². The van der Waals surface area contributed by atoms with Gasteiger partial charge in [-0.1, -0.05) is 6.92 Å². The second kappa shape index (κ2) is 6.08. The Kier molecular flexibility index (Phi) is 5.05. The number of piperidine rings is 1. The van der Waals surface area contributed by atoms with Crippen molar-refractivity contribution in [1.82, 2.24) is 4.90 Å². The van der Waals surface area contributed by atoms with Crippen LogP contribution in [0, 0.1) is 11.3 Å². The van der Waals surface area contributed by atoms with Crippen molar-refractivity contribution in [3.05, 3.63) is 0 Å². The van der Waals surface area contributed by atoms with Gasteiger partial charge in [0.15, 0.2) is 0 Å². The van der Waals surface area contributed by atoms with Gasteiger partial charge in [-0.2, -0.15) is 0 Å². The van der Waals surface area contributed by atoms with Crippen LogP contribution in [0.5, 0.6) is 0 Å². The van der Waals surface area contributed by atoms with Gasteiger partial charge in [0.2, 0.25) is 0 Å². The molecule has 1 fully saturated rings. The molecule has 0 spiro atoms. The third kappa shape index (κ3) is 4.18. The van der Waals surface area contributed by atoms with Gasteiger partial charge in [0.1, 0.15) is 0 Å². The van der Waals surface area contributed by atoms with Crippen LogP contribution in [0.15, 0.2) is 0 Å². The Labute approximate surface area is 92.3 Å². The Morgan fingerprint density at radius 3 is 2.60 bits per heavy atom. The highest BCUT2D eigenvalue weighted by molar-refractivity contribution is 5.79. The van der Waals surface area contributed by atoms with Crippen LogP contribution in [-0.2, 0) is 4.74 Å². The largest absolute Gasteiger partial charge is 0.387 e.